The summed E-state index contributed by atoms with van der Waals surface area (Å²) in [6, 6.07) is 0. The van der Waals surface area contributed by atoms with Gasteiger partial charge < -0.3 is 9.47 Å². The molecular weight excluding hydrogens is 196 g/mol. The molecule has 0 saturated carbocycles. The van der Waals surface area contributed by atoms with Crippen LogP contribution in [-0.4, -0.2) is 24.1 Å². The lowest BCUT2D eigenvalue weighted by Gasteiger charge is -2.22. The Kier molecular flexibility index (Phi) is 5.05. The van der Waals surface area contributed by atoms with Crippen LogP contribution in [0, 0.1) is 0 Å². The Morgan fingerprint density at radius 3 is 2.20 bits per heavy atom. The molecule has 0 rings (SSSR count). The summed E-state index contributed by atoms with van der Waals surface area (Å²) in [7, 11) is 0. The molecule has 0 unspecified atom stereocenters. The third kappa shape index (κ3) is 4.14. The predicted molar refractivity (Wildman–Crippen MR) is 56.2 cm³/mol. The highest BCUT2D eigenvalue weighted by atomic mass is 16.6. The molecule has 0 heterocycles. The van der Waals surface area contributed by atoms with Crippen molar-refractivity contribution >= 4 is 11.9 Å². The Labute approximate surface area is 90.2 Å². The lowest BCUT2D eigenvalue weighted by molar-refractivity contribution is -0.175. The summed E-state index contributed by atoms with van der Waals surface area (Å²) in [5.74, 6) is -1.11. The minimum Gasteiger partial charge on any atom is -0.463 e. The minimum absolute atomic E-state index is 0.258. The van der Waals surface area contributed by atoms with Crippen molar-refractivity contribution in [1.29, 1.82) is 0 Å². The zero-order valence-electron chi connectivity index (χ0n) is 9.75. The van der Waals surface area contributed by atoms with Crippen LogP contribution in [0.1, 0.15) is 34.1 Å². The summed E-state index contributed by atoms with van der Waals surface area (Å²) in [5.41, 5.74) is -0.919. The normalized spacial score (nSPS) is 10.7. The molecule has 86 valence electrons. The Balaban J connectivity index is 4.43. The quantitative estimate of drug-likeness (QED) is 0.517. The molecule has 0 saturated heterocycles. The molecule has 0 N–H and O–H groups in total. The van der Waals surface area contributed by atoms with Crippen molar-refractivity contribution in [1.82, 2.24) is 0 Å². The lowest BCUT2D eigenvalue weighted by atomic mass is 10.1. The highest BCUT2D eigenvalue weighted by Gasteiger charge is 2.33. The fraction of sp³-hybridized carbons (Fsp3) is 0.636. The fourth-order valence-electron chi connectivity index (χ4n) is 0.795. The standard InChI is InChI=1S/C11H18O4/c1-6-8(3)9(12)15-11(4,5)10(13)14-7-2/h3,6-7H2,1-2,4-5H3. The molecule has 0 aromatic heterocycles. The molecule has 0 bridgehead atoms. The SMILES string of the molecule is C=C(CC)C(=O)OC(C)(C)C(=O)OCC. The maximum absolute atomic E-state index is 11.4. The summed E-state index contributed by atoms with van der Waals surface area (Å²) in [5, 5.41) is 0. The first kappa shape index (κ1) is 13.7. The van der Waals surface area contributed by atoms with Crippen LogP contribution in [0.2, 0.25) is 0 Å². The first-order valence-electron chi connectivity index (χ1n) is 4.93. The fourth-order valence-corrected chi connectivity index (χ4v) is 0.795. The highest BCUT2D eigenvalue weighted by molar-refractivity contribution is 5.91. The van der Waals surface area contributed by atoms with E-state index in [1.165, 1.54) is 13.8 Å². The van der Waals surface area contributed by atoms with Crippen molar-refractivity contribution in [2.75, 3.05) is 6.61 Å². The van der Waals surface area contributed by atoms with Crippen molar-refractivity contribution in [3.63, 3.8) is 0 Å². The Bertz CT molecular complexity index is 266. The van der Waals surface area contributed by atoms with Gasteiger partial charge in [0.15, 0.2) is 0 Å². The molecule has 0 atom stereocenters. The summed E-state index contributed by atoms with van der Waals surface area (Å²) < 4.78 is 9.77. The Morgan fingerprint density at radius 2 is 1.80 bits per heavy atom. The topological polar surface area (TPSA) is 52.6 Å². The molecule has 0 aromatic carbocycles. The van der Waals surface area contributed by atoms with Crippen molar-refractivity contribution in [3.8, 4) is 0 Å². The van der Waals surface area contributed by atoms with Crippen LogP contribution in [0.4, 0.5) is 0 Å². The molecule has 0 aromatic rings. The Hall–Kier alpha value is -1.32. The second-order valence-corrected chi connectivity index (χ2v) is 3.58. The van der Waals surface area contributed by atoms with E-state index in [1.807, 2.05) is 0 Å². The van der Waals surface area contributed by atoms with Gasteiger partial charge in [-0.15, -0.1) is 0 Å². The van der Waals surface area contributed by atoms with E-state index in [4.69, 9.17) is 9.47 Å². The van der Waals surface area contributed by atoms with E-state index >= 15 is 0 Å². The molecule has 0 aliphatic carbocycles. The smallest absolute Gasteiger partial charge is 0.350 e. The van der Waals surface area contributed by atoms with Crippen molar-refractivity contribution < 1.29 is 19.1 Å². The number of esters is 2. The molecule has 0 aliphatic rings. The van der Waals surface area contributed by atoms with Gasteiger partial charge in [-0.25, -0.2) is 9.59 Å². The van der Waals surface area contributed by atoms with E-state index in [0.29, 0.717) is 12.0 Å². The van der Waals surface area contributed by atoms with Crippen LogP contribution >= 0.6 is 0 Å². The largest absolute Gasteiger partial charge is 0.463 e. The number of rotatable bonds is 5. The van der Waals surface area contributed by atoms with E-state index in [0.717, 1.165) is 0 Å². The number of hydrogen-bond donors (Lipinski definition) is 0. The van der Waals surface area contributed by atoms with Gasteiger partial charge in [-0.2, -0.15) is 0 Å². The van der Waals surface area contributed by atoms with Gasteiger partial charge in [0.05, 0.1) is 6.61 Å². The number of hydrogen-bond acceptors (Lipinski definition) is 4. The van der Waals surface area contributed by atoms with E-state index < -0.39 is 17.5 Å². The molecule has 4 heteroatoms. The maximum Gasteiger partial charge on any atom is 0.350 e. The monoisotopic (exact) mass is 214 g/mol. The second-order valence-electron chi connectivity index (χ2n) is 3.58. The Morgan fingerprint density at radius 1 is 1.27 bits per heavy atom. The van der Waals surface area contributed by atoms with Gasteiger partial charge in [0.1, 0.15) is 0 Å². The third-order valence-electron chi connectivity index (χ3n) is 1.83. The first-order valence-corrected chi connectivity index (χ1v) is 4.93. The summed E-state index contributed by atoms with van der Waals surface area (Å²) in [6.45, 7) is 10.3. The van der Waals surface area contributed by atoms with Gasteiger partial charge in [0.2, 0.25) is 5.60 Å². The molecule has 4 nitrogen and oxygen atoms in total. The zero-order valence-corrected chi connectivity index (χ0v) is 9.75. The molecule has 0 radical (unpaired) electrons. The first-order chi connectivity index (χ1) is 6.85. The van der Waals surface area contributed by atoms with Crippen molar-refractivity contribution in [2.24, 2.45) is 0 Å². The van der Waals surface area contributed by atoms with Crippen LogP contribution in [0.5, 0.6) is 0 Å². The average Bonchev–Trinajstić information content (AvgIpc) is 2.16. The molecule has 0 amide bonds. The van der Waals surface area contributed by atoms with Crippen LogP contribution in [0.25, 0.3) is 0 Å². The maximum atomic E-state index is 11.4. The van der Waals surface area contributed by atoms with Gasteiger partial charge in [0.25, 0.3) is 0 Å². The molecule has 0 spiro atoms. The lowest BCUT2D eigenvalue weighted by Crippen LogP contribution is -2.39. The summed E-state index contributed by atoms with van der Waals surface area (Å²) >= 11 is 0. The number of carbonyl (C=O) groups excluding carboxylic acids is 2. The molecule has 0 aliphatic heterocycles. The van der Waals surface area contributed by atoms with Gasteiger partial charge in [-0.05, 0) is 27.2 Å². The van der Waals surface area contributed by atoms with Crippen LogP contribution in [-0.2, 0) is 19.1 Å². The van der Waals surface area contributed by atoms with Crippen molar-refractivity contribution in [3.05, 3.63) is 12.2 Å². The average molecular weight is 214 g/mol. The number of carbonyl (C=O) groups is 2. The van der Waals surface area contributed by atoms with Gasteiger partial charge >= 0.3 is 11.9 Å². The van der Waals surface area contributed by atoms with Crippen molar-refractivity contribution in [2.45, 2.75) is 39.7 Å². The second kappa shape index (κ2) is 5.53. The van der Waals surface area contributed by atoms with E-state index in [2.05, 4.69) is 6.58 Å². The van der Waals surface area contributed by atoms with E-state index in [1.54, 1.807) is 13.8 Å². The summed E-state index contributed by atoms with van der Waals surface area (Å²) in [4.78, 5) is 22.8. The molecular formula is C11H18O4. The van der Waals surface area contributed by atoms with Crippen LogP contribution in [0.3, 0.4) is 0 Å². The predicted octanol–water partition coefficient (Wildman–Crippen LogP) is 1.84. The zero-order chi connectivity index (χ0) is 12.1. The van der Waals surface area contributed by atoms with Gasteiger partial charge in [0, 0.05) is 5.57 Å². The number of ether oxygens (including phenoxy) is 2. The van der Waals surface area contributed by atoms with E-state index in [-0.39, 0.29) is 6.61 Å². The van der Waals surface area contributed by atoms with Gasteiger partial charge in [-0.1, -0.05) is 13.5 Å². The minimum atomic E-state index is -1.26. The third-order valence-corrected chi connectivity index (χ3v) is 1.83. The van der Waals surface area contributed by atoms with Crippen LogP contribution in [0.15, 0.2) is 12.2 Å². The molecule has 0 fully saturated rings. The highest BCUT2D eigenvalue weighted by Crippen LogP contribution is 2.14. The van der Waals surface area contributed by atoms with Gasteiger partial charge in [-0.3, -0.25) is 0 Å². The van der Waals surface area contributed by atoms with E-state index in [9.17, 15) is 9.59 Å². The summed E-state index contributed by atoms with van der Waals surface area (Å²) in [6.07, 6.45) is 0.498. The molecule has 15 heavy (non-hydrogen) atoms. The van der Waals surface area contributed by atoms with Crippen LogP contribution < -0.4 is 0 Å².